The SMILES string of the molecule is Cc1cc(NC(=O)C(Cc2ccccc2)NC(=O)c2ccc(F)cc2)no1. The molecule has 138 valence electrons. The molecule has 0 spiro atoms. The molecule has 0 saturated heterocycles. The highest BCUT2D eigenvalue weighted by Gasteiger charge is 2.23. The van der Waals surface area contributed by atoms with Crippen LogP contribution in [0.2, 0.25) is 0 Å². The van der Waals surface area contributed by atoms with E-state index in [0.29, 0.717) is 5.76 Å². The van der Waals surface area contributed by atoms with Crippen molar-refractivity contribution in [2.75, 3.05) is 5.32 Å². The van der Waals surface area contributed by atoms with Crippen LogP contribution in [0.15, 0.2) is 65.2 Å². The number of aromatic nitrogens is 1. The minimum Gasteiger partial charge on any atom is -0.360 e. The first-order valence-corrected chi connectivity index (χ1v) is 8.36. The molecule has 27 heavy (non-hydrogen) atoms. The van der Waals surface area contributed by atoms with Crippen LogP contribution in [0.4, 0.5) is 10.2 Å². The maximum absolute atomic E-state index is 13.1. The number of benzene rings is 2. The van der Waals surface area contributed by atoms with Crippen molar-refractivity contribution in [3.63, 3.8) is 0 Å². The largest absolute Gasteiger partial charge is 0.360 e. The summed E-state index contributed by atoms with van der Waals surface area (Å²) < 4.78 is 18.0. The minimum absolute atomic E-state index is 0.263. The van der Waals surface area contributed by atoms with Crippen molar-refractivity contribution in [3.05, 3.63) is 83.4 Å². The summed E-state index contributed by atoms with van der Waals surface area (Å²) in [5.74, 6) is -0.511. The van der Waals surface area contributed by atoms with Crippen molar-refractivity contribution < 1.29 is 18.5 Å². The number of halogens is 1. The second-order valence-corrected chi connectivity index (χ2v) is 6.03. The lowest BCUT2D eigenvalue weighted by molar-refractivity contribution is -0.118. The third kappa shape index (κ3) is 5.01. The minimum atomic E-state index is -0.845. The zero-order valence-corrected chi connectivity index (χ0v) is 14.6. The number of rotatable bonds is 6. The maximum Gasteiger partial charge on any atom is 0.251 e. The van der Waals surface area contributed by atoms with E-state index in [1.165, 1.54) is 24.3 Å². The monoisotopic (exact) mass is 367 g/mol. The van der Waals surface area contributed by atoms with Gasteiger partial charge < -0.3 is 15.2 Å². The topological polar surface area (TPSA) is 84.2 Å². The highest BCUT2D eigenvalue weighted by Crippen LogP contribution is 2.11. The molecule has 0 aliphatic rings. The number of aryl methyl sites for hydroxylation is 1. The molecule has 0 fully saturated rings. The number of hydrogen-bond donors (Lipinski definition) is 2. The van der Waals surface area contributed by atoms with Crippen LogP contribution in [0.3, 0.4) is 0 Å². The van der Waals surface area contributed by atoms with Gasteiger partial charge in [0.1, 0.15) is 17.6 Å². The van der Waals surface area contributed by atoms with E-state index in [0.717, 1.165) is 5.56 Å². The van der Waals surface area contributed by atoms with E-state index < -0.39 is 23.7 Å². The van der Waals surface area contributed by atoms with E-state index >= 15 is 0 Å². The molecule has 3 aromatic rings. The van der Waals surface area contributed by atoms with Gasteiger partial charge in [-0.25, -0.2) is 4.39 Å². The van der Waals surface area contributed by atoms with Crippen LogP contribution < -0.4 is 10.6 Å². The first-order chi connectivity index (χ1) is 13.0. The van der Waals surface area contributed by atoms with Crippen molar-refractivity contribution in [1.29, 1.82) is 0 Å². The van der Waals surface area contributed by atoms with Gasteiger partial charge in [0, 0.05) is 18.1 Å². The fraction of sp³-hybridized carbons (Fsp3) is 0.150. The predicted octanol–water partition coefficient (Wildman–Crippen LogP) is 3.10. The van der Waals surface area contributed by atoms with Crippen molar-refractivity contribution in [3.8, 4) is 0 Å². The molecule has 2 N–H and O–H groups in total. The molecule has 2 aromatic carbocycles. The van der Waals surface area contributed by atoms with Crippen LogP contribution in [-0.2, 0) is 11.2 Å². The summed E-state index contributed by atoms with van der Waals surface area (Å²) in [7, 11) is 0. The van der Waals surface area contributed by atoms with Crippen LogP contribution >= 0.6 is 0 Å². The summed E-state index contributed by atoms with van der Waals surface area (Å²) in [6, 6.07) is 15.2. The Morgan fingerprint density at radius 3 is 2.44 bits per heavy atom. The molecule has 1 heterocycles. The molecule has 0 saturated carbocycles. The first kappa shape index (κ1) is 18.3. The van der Waals surface area contributed by atoms with Gasteiger partial charge in [0.25, 0.3) is 5.91 Å². The van der Waals surface area contributed by atoms with Gasteiger partial charge >= 0.3 is 0 Å². The van der Waals surface area contributed by atoms with Gasteiger partial charge in [-0.3, -0.25) is 9.59 Å². The van der Waals surface area contributed by atoms with E-state index in [4.69, 9.17) is 4.52 Å². The zero-order valence-electron chi connectivity index (χ0n) is 14.6. The summed E-state index contributed by atoms with van der Waals surface area (Å²) in [6.07, 6.45) is 0.288. The Balaban J connectivity index is 1.76. The Morgan fingerprint density at radius 1 is 1.11 bits per heavy atom. The molecular weight excluding hydrogens is 349 g/mol. The molecular formula is C20H18FN3O3. The molecule has 0 radical (unpaired) electrons. The van der Waals surface area contributed by atoms with Crippen molar-refractivity contribution >= 4 is 17.6 Å². The molecule has 3 rings (SSSR count). The third-order valence-corrected chi connectivity index (χ3v) is 3.89. The van der Waals surface area contributed by atoms with Crippen LogP contribution in [-0.4, -0.2) is 23.0 Å². The summed E-state index contributed by atoms with van der Waals surface area (Å²) in [5, 5.41) is 9.06. The number of anilines is 1. The smallest absolute Gasteiger partial charge is 0.251 e. The summed E-state index contributed by atoms with van der Waals surface area (Å²) in [6.45, 7) is 1.71. The lowest BCUT2D eigenvalue weighted by atomic mass is 10.0. The van der Waals surface area contributed by atoms with E-state index in [2.05, 4.69) is 15.8 Å². The van der Waals surface area contributed by atoms with Gasteiger partial charge in [-0.1, -0.05) is 35.5 Å². The van der Waals surface area contributed by atoms with Crippen molar-refractivity contribution in [2.45, 2.75) is 19.4 Å². The number of nitrogens with one attached hydrogen (secondary N) is 2. The predicted molar refractivity (Wildman–Crippen MR) is 97.7 cm³/mol. The van der Waals surface area contributed by atoms with Gasteiger partial charge in [0.2, 0.25) is 5.91 Å². The molecule has 0 aliphatic carbocycles. The fourth-order valence-corrected chi connectivity index (χ4v) is 2.54. The molecule has 1 unspecified atom stereocenters. The Morgan fingerprint density at radius 2 is 1.81 bits per heavy atom. The van der Waals surface area contributed by atoms with E-state index in [9.17, 15) is 14.0 Å². The number of carbonyl (C=O) groups is 2. The zero-order chi connectivity index (χ0) is 19.2. The number of nitrogens with zero attached hydrogens (tertiary/aromatic N) is 1. The number of hydrogen-bond acceptors (Lipinski definition) is 4. The van der Waals surface area contributed by atoms with Crippen LogP contribution in [0.1, 0.15) is 21.7 Å². The summed E-state index contributed by atoms with van der Waals surface area (Å²) in [5.41, 5.74) is 1.15. The van der Waals surface area contributed by atoms with Gasteiger partial charge in [0.15, 0.2) is 5.82 Å². The van der Waals surface area contributed by atoms with E-state index in [-0.39, 0.29) is 17.8 Å². The lowest BCUT2D eigenvalue weighted by Crippen LogP contribution is -2.45. The Hall–Kier alpha value is -3.48. The quantitative estimate of drug-likeness (QED) is 0.701. The Bertz CT molecular complexity index is 923. The van der Waals surface area contributed by atoms with Crippen LogP contribution in [0.25, 0.3) is 0 Å². The van der Waals surface area contributed by atoms with Gasteiger partial charge in [-0.2, -0.15) is 0 Å². The summed E-state index contributed by atoms with van der Waals surface area (Å²) in [4.78, 5) is 25.1. The molecule has 1 atom stereocenters. The maximum atomic E-state index is 13.1. The van der Waals surface area contributed by atoms with E-state index in [1.807, 2.05) is 30.3 Å². The van der Waals surface area contributed by atoms with Crippen molar-refractivity contribution in [2.24, 2.45) is 0 Å². The highest BCUT2D eigenvalue weighted by molar-refractivity contribution is 6.00. The van der Waals surface area contributed by atoms with Gasteiger partial charge in [-0.05, 0) is 36.8 Å². The van der Waals surface area contributed by atoms with Gasteiger partial charge in [-0.15, -0.1) is 0 Å². The van der Waals surface area contributed by atoms with Gasteiger partial charge in [0.05, 0.1) is 0 Å². The lowest BCUT2D eigenvalue weighted by Gasteiger charge is -2.18. The Kier molecular flexibility index (Phi) is 5.61. The molecule has 0 bridgehead atoms. The fourth-order valence-electron chi connectivity index (χ4n) is 2.54. The molecule has 0 aliphatic heterocycles. The molecule has 1 aromatic heterocycles. The average molecular weight is 367 g/mol. The highest BCUT2D eigenvalue weighted by atomic mass is 19.1. The number of carbonyl (C=O) groups excluding carboxylic acids is 2. The average Bonchev–Trinajstić information content (AvgIpc) is 3.07. The standard InChI is InChI=1S/C20H18FN3O3/c1-13-11-18(24-27-13)23-20(26)17(12-14-5-3-2-4-6-14)22-19(25)15-7-9-16(21)10-8-15/h2-11,17H,12H2,1H3,(H,22,25)(H,23,24,26). The normalized spacial score (nSPS) is 11.6. The molecule has 2 amide bonds. The summed E-state index contributed by atoms with van der Waals surface area (Å²) >= 11 is 0. The van der Waals surface area contributed by atoms with Crippen molar-refractivity contribution in [1.82, 2.24) is 10.5 Å². The second kappa shape index (κ2) is 8.27. The van der Waals surface area contributed by atoms with E-state index in [1.54, 1.807) is 13.0 Å². The van der Waals surface area contributed by atoms with Crippen LogP contribution in [0.5, 0.6) is 0 Å². The Labute approximate surface area is 155 Å². The first-order valence-electron chi connectivity index (χ1n) is 8.36. The van der Waals surface area contributed by atoms with Crippen LogP contribution in [0, 0.1) is 12.7 Å². The second-order valence-electron chi connectivity index (χ2n) is 6.03. The molecule has 7 heteroatoms. The molecule has 6 nitrogen and oxygen atoms in total. The number of amides is 2. The third-order valence-electron chi connectivity index (χ3n) is 3.89.